The summed E-state index contributed by atoms with van der Waals surface area (Å²) in [6.07, 6.45) is 0. The number of nitrogens with zero attached hydrogens (tertiary/aromatic N) is 1. The van der Waals surface area contributed by atoms with Crippen molar-refractivity contribution >= 4 is 53.3 Å². The molecular weight excluding hydrogens is 404 g/mol. The lowest BCUT2D eigenvalue weighted by atomic mass is 10.3. The quantitative estimate of drug-likeness (QED) is 0.688. The molecule has 0 aromatic heterocycles. The third-order valence-electron chi connectivity index (χ3n) is 2.69. The molecule has 0 saturated heterocycles. The predicted molar refractivity (Wildman–Crippen MR) is 87.9 cm³/mol. The molecule has 0 aliphatic carbocycles. The number of alkyl halides is 1. The van der Waals surface area contributed by atoms with Gasteiger partial charge < -0.3 is 0 Å². The molecule has 0 heterocycles. The Hall–Kier alpha value is -0.350. The number of anilines is 1. The molecule has 120 valence electrons. The fraction of sp³-hybridized carbons (Fsp3) is 0.455. The van der Waals surface area contributed by atoms with Crippen molar-refractivity contribution < 1.29 is 16.8 Å². The first kappa shape index (κ1) is 18.7. The Morgan fingerprint density at radius 3 is 2.24 bits per heavy atom. The van der Waals surface area contributed by atoms with Crippen molar-refractivity contribution in [1.82, 2.24) is 4.31 Å². The van der Waals surface area contributed by atoms with Crippen molar-refractivity contribution in [1.29, 1.82) is 0 Å². The van der Waals surface area contributed by atoms with Crippen LogP contribution in [0.5, 0.6) is 0 Å². The molecule has 10 heteroatoms. The first-order valence-corrected chi connectivity index (χ1v) is 10.6. The molecular formula is C11H16BrClN2O4S2. The van der Waals surface area contributed by atoms with Crippen LogP contribution in [0.3, 0.4) is 0 Å². The van der Waals surface area contributed by atoms with Crippen LogP contribution in [0.1, 0.15) is 13.8 Å². The topological polar surface area (TPSA) is 83.6 Å². The van der Waals surface area contributed by atoms with Crippen molar-refractivity contribution in [2.75, 3.05) is 22.5 Å². The maximum Gasteiger partial charge on any atom is 0.243 e. The molecule has 0 amide bonds. The van der Waals surface area contributed by atoms with Crippen LogP contribution in [0.2, 0.25) is 5.02 Å². The van der Waals surface area contributed by atoms with E-state index in [2.05, 4.69) is 20.7 Å². The van der Waals surface area contributed by atoms with Crippen molar-refractivity contribution in [3.8, 4) is 0 Å². The molecule has 1 aromatic rings. The van der Waals surface area contributed by atoms with Gasteiger partial charge in [0.05, 0.1) is 15.6 Å². The van der Waals surface area contributed by atoms with Gasteiger partial charge in [0, 0.05) is 13.1 Å². The van der Waals surface area contributed by atoms with Crippen molar-refractivity contribution in [3.05, 3.63) is 23.2 Å². The van der Waals surface area contributed by atoms with Crippen LogP contribution in [-0.2, 0) is 20.0 Å². The van der Waals surface area contributed by atoms with Crippen LogP contribution in [0, 0.1) is 0 Å². The fourth-order valence-corrected chi connectivity index (χ4v) is 4.26. The van der Waals surface area contributed by atoms with Gasteiger partial charge in [0.2, 0.25) is 20.0 Å². The minimum Gasteiger partial charge on any atom is -0.281 e. The number of hydrogen-bond acceptors (Lipinski definition) is 4. The van der Waals surface area contributed by atoms with Crippen LogP contribution in [0.25, 0.3) is 0 Å². The SMILES string of the molecule is CCN(CC)S(=O)(=O)c1ccc(Cl)c(NS(=O)(=O)CBr)c1. The minimum atomic E-state index is -3.67. The molecule has 0 aliphatic rings. The van der Waals surface area contributed by atoms with Crippen LogP contribution in [0.4, 0.5) is 5.69 Å². The van der Waals surface area contributed by atoms with Crippen LogP contribution < -0.4 is 4.72 Å². The second-order valence-electron chi connectivity index (χ2n) is 4.06. The molecule has 1 aromatic carbocycles. The van der Waals surface area contributed by atoms with Gasteiger partial charge in [0.1, 0.15) is 4.66 Å². The highest BCUT2D eigenvalue weighted by Crippen LogP contribution is 2.28. The number of halogens is 2. The summed E-state index contributed by atoms with van der Waals surface area (Å²) in [6, 6.07) is 3.92. The predicted octanol–water partition coefficient (Wildman–Crippen LogP) is 2.46. The van der Waals surface area contributed by atoms with Gasteiger partial charge in [-0.3, -0.25) is 4.72 Å². The zero-order valence-electron chi connectivity index (χ0n) is 11.5. The maximum absolute atomic E-state index is 12.4. The monoisotopic (exact) mass is 418 g/mol. The molecule has 21 heavy (non-hydrogen) atoms. The third-order valence-corrected chi connectivity index (χ3v) is 7.69. The van der Waals surface area contributed by atoms with E-state index in [0.717, 1.165) is 0 Å². The maximum atomic E-state index is 12.4. The summed E-state index contributed by atoms with van der Waals surface area (Å²) in [5, 5.41) is 0.123. The summed E-state index contributed by atoms with van der Waals surface area (Å²) in [5.41, 5.74) is 0.0318. The molecule has 1 rings (SSSR count). The Labute approximate surface area is 138 Å². The van der Waals surface area contributed by atoms with Crippen LogP contribution in [0.15, 0.2) is 23.1 Å². The van der Waals surface area contributed by atoms with E-state index in [1.807, 2.05) is 0 Å². The molecule has 0 spiro atoms. The lowest BCUT2D eigenvalue weighted by Crippen LogP contribution is -2.30. The second kappa shape index (κ2) is 7.28. The second-order valence-corrected chi connectivity index (χ2v) is 9.43. The van der Waals surface area contributed by atoms with E-state index in [1.165, 1.54) is 22.5 Å². The van der Waals surface area contributed by atoms with Gasteiger partial charge in [-0.1, -0.05) is 41.4 Å². The summed E-state index contributed by atoms with van der Waals surface area (Å²) in [6.45, 7) is 4.10. The summed E-state index contributed by atoms with van der Waals surface area (Å²) < 4.78 is 51.1. The molecule has 0 atom stereocenters. The molecule has 1 N–H and O–H groups in total. The smallest absolute Gasteiger partial charge is 0.243 e. The summed E-state index contributed by atoms with van der Waals surface area (Å²) in [5.74, 6) is 0. The zero-order valence-corrected chi connectivity index (χ0v) is 15.5. The molecule has 6 nitrogen and oxygen atoms in total. The van der Waals surface area contributed by atoms with Crippen LogP contribution in [-0.4, -0.2) is 38.9 Å². The van der Waals surface area contributed by atoms with Crippen molar-refractivity contribution in [2.45, 2.75) is 18.7 Å². The zero-order chi connectivity index (χ0) is 16.3. The molecule has 0 unspecified atom stereocenters. The number of nitrogens with one attached hydrogen (secondary N) is 1. The first-order valence-electron chi connectivity index (χ1n) is 6.04. The first-order chi connectivity index (χ1) is 9.67. The number of rotatable bonds is 7. The Morgan fingerprint density at radius 1 is 1.19 bits per heavy atom. The lowest BCUT2D eigenvalue weighted by Gasteiger charge is -2.19. The number of benzene rings is 1. The molecule has 0 saturated carbocycles. The van der Waals surface area contributed by atoms with E-state index in [9.17, 15) is 16.8 Å². The standard InChI is InChI=1S/C11H16BrClN2O4S2/c1-3-15(4-2)21(18,19)9-5-6-10(13)11(7-9)14-20(16,17)8-12/h5-7,14H,3-4,8H2,1-2H3. The van der Waals surface area contributed by atoms with Gasteiger partial charge in [0.25, 0.3) is 0 Å². The highest BCUT2D eigenvalue weighted by molar-refractivity contribution is 9.10. The van der Waals surface area contributed by atoms with E-state index in [1.54, 1.807) is 13.8 Å². The summed E-state index contributed by atoms with van der Waals surface area (Å²) in [4.78, 5) is -0.0112. The van der Waals surface area contributed by atoms with Gasteiger partial charge in [-0.25, -0.2) is 16.8 Å². The summed E-state index contributed by atoms with van der Waals surface area (Å²) >= 11 is 8.74. The Morgan fingerprint density at radius 2 is 1.76 bits per heavy atom. The largest absolute Gasteiger partial charge is 0.281 e. The Balaban J connectivity index is 3.30. The average Bonchev–Trinajstić information content (AvgIpc) is 2.42. The van der Waals surface area contributed by atoms with E-state index in [-0.39, 0.29) is 20.3 Å². The van der Waals surface area contributed by atoms with Crippen molar-refractivity contribution in [2.24, 2.45) is 0 Å². The molecule has 0 bridgehead atoms. The van der Waals surface area contributed by atoms with E-state index in [0.29, 0.717) is 13.1 Å². The highest BCUT2D eigenvalue weighted by atomic mass is 79.9. The average molecular weight is 420 g/mol. The Kier molecular flexibility index (Phi) is 6.48. The van der Waals surface area contributed by atoms with Crippen molar-refractivity contribution in [3.63, 3.8) is 0 Å². The van der Waals surface area contributed by atoms with Gasteiger partial charge in [0.15, 0.2) is 0 Å². The van der Waals surface area contributed by atoms with Gasteiger partial charge >= 0.3 is 0 Å². The normalized spacial score (nSPS) is 12.6. The molecule has 0 fully saturated rings. The minimum absolute atomic E-state index is 0.0112. The highest BCUT2D eigenvalue weighted by Gasteiger charge is 2.23. The van der Waals surface area contributed by atoms with Crippen LogP contribution >= 0.6 is 27.5 Å². The third kappa shape index (κ3) is 4.56. The number of hydrogen-bond donors (Lipinski definition) is 1. The fourth-order valence-electron chi connectivity index (χ4n) is 1.65. The van der Waals surface area contributed by atoms with Gasteiger partial charge in [-0.15, -0.1) is 0 Å². The van der Waals surface area contributed by atoms with E-state index >= 15 is 0 Å². The number of sulfonamides is 2. The lowest BCUT2D eigenvalue weighted by molar-refractivity contribution is 0.445. The van der Waals surface area contributed by atoms with Gasteiger partial charge in [-0.05, 0) is 18.2 Å². The summed E-state index contributed by atoms with van der Waals surface area (Å²) in [7, 11) is -7.29. The molecule has 0 aliphatic heterocycles. The van der Waals surface area contributed by atoms with E-state index in [4.69, 9.17) is 11.6 Å². The Bertz CT molecular complexity index is 703. The molecule has 0 radical (unpaired) electrons. The van der Waals surface area contributed by atoms with Gasteiger partial charge in [-0.2, -0.15) is 4.31 Å². The van der Waals surface area contributed by atoms with E-state index < -0.39 is 20.0 Å².